The van der Waals surface area contributed by atoms with Gasteiger partial charge in [0.05, 0.1) is 29.4 Å². The third kappa shape index (κ3) is 6.70. The Morgan fingerprint density at radius 3 is 1.97 bits per heavy atom. The van der Waals surface area contributed by atoms with E-state index in [9.17, 15) is 21.6 Å². The molecule has 0 aliphatic heterocycles. The monoisotopic (exact) mass is 514 g/mol. The number of sulfone groups is 1. The quantitative estimate of drug-likeness (QED) is 0.486. The average Bonchev–Trinajstić information content (AvgIpc) is 2.78. The van der Waals surface area contributed by atoms with Crippen LogP contribution in [0.15, 0.2) is 71.6 Å². The largest absolute Gasteiger partial charge is 0.346 e. The average molecular weight is 515 g/mol. The van der Waals surface area contributed by atoms with E-state index in [2.05, 4.69) is 5.32 Å². The molecule has 1 amide bonds. The zero-order valence-electron chi connectivity index (χ0n) is 20.4. The lowest BCUT2D eigenvalue weighted by Gasteiger charge is -2.23. The van der Waals surface area contributed by atoms with Crippen molar-refractivity contribution in [1.82, 2.24) is 5.32 Å². The Labute approximate surface area is 207 Å². The Hall–Kier alpha value is -3.17. The van der Waals surface area contributed by atoms with Crippen LogP contribution in [0.5, 0.6) is 0 Å². The zero-order valence-corrected chi connectivity index (χ0v) is 22.1. The number of rotatable bonds is 8. The predicted molar refractivity (Wildman–Crippen MR) is 139 cm³/mol. The number of carbonyl (C=O) groups excluding carboxylic acids is 1. The van der Waals surface area contributed by atoms with E-state index in [1.165, 1.54) is 22.7 Å². The molecule has 3 aromatic rings. The number of nitrogens with one attached hydrogen (secondary N) is 1. The summed E-state index contributed by atoms with van der Waals surface area (Å²) in [6, 6.07) is 18.4. The van der Waals surface area contributed by atoms with E-state index in [1.807, 2.05) is 32.9 Å². The minimum atomic E-state index is -3.51. The van der Waals surface area contributed by atoms with Gasteiger partial charge in [-0.25, -0.2) is 16.8 Å². The molecule has 0 bridgehead atoms. The first-order valence-corrected chi connectivity index (χ1v) is 14.7. The van der Waals surface area contributed by atoms with E-state index in [4.69, 9.17) is 0 Å². The van der Waals surface area contributed by atoms with Gasteiger partial charge in [-0.3, -0.25) is 9.10 Å². The summed E-state index contributed by atoms with van der Waals surface area (Å²) in [5.41, 5.74) is 4.63. The summed E-state index contributed by atoms with van der Waals surface area (Å²) in [4.78, 5) is 12.9. The summed E-state index contributed by atoms with van der Waals surface area (Å²) in [6.45, 7) is 5.87. The van der Waals surface area contributed by atoms with Crippen molar-refractivity contribution in [2.45, 2.75) is 38.3 Å². The van der Waals surface area contributed by atoms with E-state index in [1.54, 1.807) is 42.5 Å². The van der Waals surface area contributed by atoms with Crippen LogP contribution in [0, 0.1) is 13.8 Å². The Morgan fingerprint density at radius 1 is 0.857 bits per heavy atom. The molecule has 35 heavy (non-hydrogen) atoms. The number of hydrogen-bond acceptors (Lipinski definition) is 5. The Kier molecular flexibility index (Phi) is 7.71. The smallest absolute Gasteiger partial charge is 0.251 e. The molecule has 0 heterocycles. The molecule has 3 rings (SSSR count). The maximum absolute atomic E-state index is 12.7. The lowest BCUT2D eigenvalue weighted by Crippen LogP contribution is -2.29. The van der Waals surface area contributed by atoms with Crippen LogP contribution in [0.25, 0.3) is 0 Å². The molecule has 3 aromatic carbocycles. The van der Waals surface area contributed by atoms with Crippen molar-refractivity contribution < 1.29 is 21.6 Å². The van der Waals surface area contributed by atoms with Crippen LogP contribution in [0.4, 0.5) is 5.69 Å². The normalized spacial score (nSPS) is 12.7. The van der Waals surface area contributed by atoms with Gasteiger partial charge in [0, 0.05) is 11.8 Å². The molecule has 0 fully saturated rings. The van der Waals surface area contributed by atoms with Crippen LogP contribution in [0.3, 0.4) is 0 Å². The van der Waals surface area contributed by atoms with E-state index in [0.29, 0.717) is 11.3 Å². The molecule has 1 N–H and O–H groups in total. The van der Waals surface area contributed by atoms with E-state index in [0.717, 1.165) is 28.5 Å². The molecule has 7 nitrogen and oxygen atoms in total. The van der Waals surface area contributed by atoms with Gasteiger partial charge in [-0.15, -0.1) is 0 Å². The SMILES string of the molecule is Cc1ccc(N(Cc2ccc(C(=O)N[C@@H](C)c3ccc(S(C)(=O)=O)cc3)cc2)S(C)(=O)=O)cc1C. The molecule has 0 aliphatic rings. The summed E-state index contributed by atoms with van der Waals surface area (Å²) in [7, 11) is -6.80. The number of benzene rings is 3. The highest BCUT2D eigenvalue weighted by Gasteiger charge is 2.19. The second kappa shape index (κ2) is 10.2. The van der Waals surface area contributed by atoms with Crippen molar-refractivity contribution in [2.24, 2.45) is 0 Å². The number of hydrogen-bond donors (Lipinski definition) is 1. The zero-order chi connectivity index (χ0) is 26.0. The number of aryl methyl sites for hydroxylation is 2. The van der Waals surface area contributed by atoms with Crippen molar-refractivity contribution in [3.8, 4) is 0 Å². The maximum atomic E-state index is 12.7. The topological polar surface area (TPSA) is 101 Å². The van der Waals surface area contributed by atoms with Gasteiger partial charge in [-0.2, -0.15) is 0 Å². The number of nitrogens with zero attached hydrogens (tertiary/aromatic N) is 1. The summed E-state index contributed by atoms with van der Waals surface area (Å²) in [5.74, 6) is -0.287. The van der Waals surface area contributed by atoms with Gasteiger partial charge in [0.15, 0.2) is 9.84 Å². The van der Waals surface area contributed by atoms with Gasteiger partial charge in [0.2, 0.25) is 10.0 Å². The van der Waals surface area contributed by atoms with Gasteiger partial charge < -0.3 is 5.32 Å². The minimum Gasteiger partial charge on any atom is -0.346 e. The summed E-state index contributed by atoms with van der Waals surface area (Å²) in [5, 5.41) is 2.90. The first-order valence-electron chi connectivity index (χ1n) is 11.0. The summed E-state index contributed by atoms with van der Waals surface area (Å²) >= 11 is 0. The molecule has 0 radical (unpaired) electrons. The van der Waals surface area contributed by atoms with Crippen LogP contribution in [0.2, 0.25) is 0 Å². The Morgan fingerprint density at radius 2 is 1.46 bits per heavy atom. The molecule has 186 valence electrons. The van der Waals surface area contributed by atoms with Gasteiger partial charge in [0.1, 0.15) is 0 Å². The third-order valence-corrected chi connectivity index (χ3v) is 8.15. The fourth-order valence-corrected chi connectivity index (χ4v) is 5.09. The van der Waals surface area contributed by atoms with Gasteiger partial charge >= 0.3 is 0 Å². The molecule has 1 atom stereocenters. The summed E-state index contributed by atoms with van der Waals surface area (Å²) < 4.78 is 49.5. The third-order valence-electron chi connectivity index (χ3n) is 5.88. The fourth-order valence-electron chi connectivity index (χ4n) is 3.58. The first kappa shape index (κ1) is 26.4. The molecular formula is C26H30N2O5S2. The number of sulfonamides is 1. The summed E-state index contributed by atoms with van der Waals surface area (Å²) in [6.07, 6.45) is 2.32. The maximum Gasteiger partial charge on any atom is 0.251 e. The predicted octanol–water partition coefficient (Wildman–Crippen LogP) is 4.16. The van der Waals surface area contributed by atoms with Crippen molar-refractivity contribution >= 4 is 31.5 Å². The standard InChI is InChI=1S/C26H30N2O5S2/c1-18-6-13-24(16-19(18)2)28(35(5,32)33)17-21-7-9-23(10-8-21)26(29)27-20(3)22-11-14-25(15-12-22)34(4,30)31/h6-16,20H,17H2,1-5H3,(H,27,29)/t20-/m0/s1. The van der Waals surface area contributed by atoms with Crippen LogP contribution >= 0.6 is 0 Å². The van der Waals surface area contributed by atoms with E-state index < -0.39 is 19.9 Å². The molecule has 0 aliphatic carbocycles. The van der Waals surface area contributed by atoms with Gasteiger partial charge in [-0.05, 0) is 79.4 Å². The molecule has 0 unspecified atom stereocenters. The number of carbonyl (C=O) groups is 1. The lowest BCUT2D eigenvalue weighted by atomic mass is 10.1. The molecule has 0 saturated heterocycles. The number of amides is 1. The molecule has 0 saturated carbocycles. The second-order valence-corrected chi connectivity index (χ2v) is 12.7. The van der Waals surface area contributed by atoms with Crippen LogP contribution in [-0.4, -0.2) is 35.3 Å². The molecular weight excluding hydrogens is 484 g/mol. The fraction of sp³-hybridized carbons (Fsp3) is 0.269. The molecule has 9 heteroatoms. The highest BCUT2D eigenvalue weighted by atomic mass is 32.2. The first-order chi connectivity index (χ1) is 16.3. The van der Waals surface area contributed by atoms with Crippen molar-refractivity contribution in [3.63, 3.8) is 0 Å². The highest BCUT2D eigenvalue weighted by Crippen LogP contribution is 2.24. The van der Waals surface area contributed by atoms with E-state index >= 15 is 0 Å². The molecule has 0 spiro atoms. The number of anilines is 1. The highest BCUT2D eigenvalue weighted by molar-refractivity contribution is 7.92. The van der Waals surface area contributed by atoms with E-state index in [-0.39, 0.29) is 23.4 Å². The minimum absolute atomic E-state index is 0.145. The van der Waals surface area contributed by atoms with Crippen molar-refractivity contribution in [3.05, 3.63) is 94.5 Å². The van der Waals surface area contributed by atoms with Crippen molar-refractivity contribution in [2.75, 3.05) is 16.8 Å². The lowest BCUT2D eigenvalue weighted by molar-refractivity contribution is 0.0940. The second-order valence-electron chi connectivity index (χ2n) is 8.77. The molecule has 0 aromatic heterocycles. The van der Waals surface area contributed by atoms with Gasteiger partial charge in [0.25, 0.3) is 5.91 Å². The van der Waals surface area contributed by atoms with Crippen LogP contribution in [0.1, 0.15) is 45.6 Å². The van der Waals surface area contributed by atoms with Gasteiger partial charge in [-0.1, -0.05) is 30.3 Å². The van der Waals surface area contributed by atoms with Crippen LogP contribution < -0.4 is 9.62 Å². The Balaban J connectivity index is 1.72. The Bertz CT molecular complexity index is 1430. The van der Waals surface area contributed by atoms with Crippen molar-refractivity contribution in [1.29, 1.82) is 0 Å². The van der Waals surface area contributed by atoms with Crippen LogP contribution in [-0.2, 0) is 26.4 Å².